The van der Waals surface area contributed by atoms with E-state index in [0.717, 1.165) is 18.2 Å². The summed E-state index contributed by atoms with van der Waals surface area (Å²) in [7, 11) is -9.50. The summed E-state index contributed by atoms with van der Waals surface area (Å²) in [6, 6.07) is 10.2. The summed E-state index contributed by atoms with van der Waals surface area (Å²) in [4.78, 5) is 2.61. The van der Waals surface area contributed by atoms with Crippen molar-refractivity contribution >= 4 is 42.9 Å². The van der Waals surface area contributed by atoms with Crippen LogP contribution in [0.1, 0.15) is 5.56 Å². The molecule has 4 N–H and O–H groups in total. The zero-order valence-electron chi connectivity index (χ0n) is 13.9. The van der Waals surface area contributed by atoms with Gasteiger partial charge in [0, 0.05) is 22.6 Å². The van der Waals surface area contributed by atoms with Crippen LogP contribution in [0.25, 0.3) is 10.8 Å². The Bertz CT molecular complexity index is 1330. The Hall–Kier alpha value is -2.99. The highest BCUT2D eigenvalue weighted by molar-refractivity contribution is 7.86. The summed E-state index contributed by atoms with van der Waals surface area (Å²) in [5.41, 5.74) is 0.275. The predicted molar refractivity (Wildman–Crippen MR) is 101 cm³/mol. The Balaban J connectivity index is 2.33. The second-order valence-corrected chi connectivity index (χ2v) is 8.53. The molecule has 3 aromatic carbocycles. The summed E-state index contributed by atoms with van der Waals surface area (Å²) in [6.07, 6.45) is 1.23. The van der Waals surface area contributed by atoms with Gasteiger partial charge in [-0.1, -0.05) is 18.2 Å². The van der Waals surface area contributed by atoms with E-state index in [1.165, 1.54) is 18.3 Å². The van der Waals surface area contributed by atoms with Crippen molar-refractivity contribution in [3.05, 3.63) is 54.1 Å². The average molecular weight is 423 g/mol. The number of benzene rings is 3. The number of nitrogens with zero attached hydrogens (tertiary/aromatic N) is 1. The number of hydrogen-bond acceptors (Lipinski definition) is 7. The summed E-state index contributed by atoms with van der Waals surface area (Å²) in [6.45, 7) is 0. The standard InChI is InChI=1S/C17H13NO8S2/c19-15-4-2-1-3-10(15)9-18-14-8-11(27(21,22)23)7-13-12(14)5-6-16(17(13)20)28(24,25)26/h1-9,19-20H,(H,21,22,23)(H,24,25,26). The minimum Gasteiger partial charge on any atom is -0.507 e. The molecular weight excluding hydrogens is 410 g/mol. The maximum absolute atomic E-state index is 11.6. The lowest BCUT2D eigenvalue weighted by Gasteiger charge is -2.10. The number of hydrogen-bond donors (Lipinski definition) is 4. The highest BCUT2D eigenvalue weighted by Gasteiger charge is 2.21. The second-order valence-electron chi connectivity index (χ2n) is 5.72. The van der Waals surface area contributed by atoms with Crippen molar-refractivity contribution in [2.75, 3.05) is 0 Å². The molecule has 0 bridgehead atoms. The van der Waals surface area contributed by atoms with E-state index in [2.05, 4.69) is 4.99 Å². The van der Waals surface area contributed by atoms with E-state index in [0.29, 0.717) is 5.56 Å². The van der Waals surface area contributed by atoms with Crippen molar-refractivity contribution in [2.45, 2.75) is 9.79 Å². The zero-order chi connectivity index (χ0) is 20.7. The van der Waals surface area contributed by atoms with E-state index in [9.17, 15) is 36.2 Å². The number of phenolic OH excluding ortho intramolecular Hbond substituents is 2. The molecule has 11 heteroatoms. The van der Waals surface area contributed by atoms with Crippen LogP contribution in [0.5, 0.6) is 11.5 Å². The number of aliphatic imine (C=N–C) groups is 1. The maximum atomic E-state index is 11.6. The van der Waals surface area contributed by atoms with Crippen LogP contribution in [0.3, 0.4) is 0 Å². The Labute approximate surface area is 159 Å². The van der Waals surface area contributed by atoms with Crippen LogP contribution in [-0.2, 0) is 20.2 Å². The highest BCUT2D eigenvalue weighted by Crippen LogP contribution is 2.38. The van der Waals surface area contributed by atoms with Gasteiger partial charge in [0.2, 0.25) is 0 Å². The number of aromatic hydroxyl groups is 2. The normalized spacial score (nSPS) is 12.6. The zero-order valence-corrected chi connectivity index (χ0v) is 15.5. The van der Waals surface area contributed by atoms with E-state index in [4.69, 9.17) is 0 Å². The molecule has 0 aliphatic rings. The van der Waals surface area contributed by atoms with E-state index < -0.39 is 35.8 Å². The van der Waals surface area contributed by atoms with E-state index >= 15 is 0 Å². The molecular formula is C17H13NO8S2. The minimum absolute atomic E-state index is 0.0365. The number of fused-ring (bicyclic) bond motifs is 1. The summed E-state index contributed by atoms with van der Waals surface area (Å²) in [5, 5.41) is 19.9. The molecule has 28 heavy (non-hydrogen) atoms. The lowest BCUT2D eigenvalue weighted by molar-refractivity contribution is 0.448. The fourth-order valence-electron chi connectivity index (χ4n) is 2.55. The van der Waals surface area contributed by atoms with Gasteiger partial charge in [-0.25, -0.2) is 0 Å². The Morgan fingerprint density at radius 2 is 1.50 bits per heavy atom. The quantitative estimate of drug-likeness (QED) is 0.367. The van der Waals surface area contributed by atoms with Crippen LogP contribution in [-0.4, -0.2) is 42.4 Å². The minimum atomic E-state index is -4.78. The summed E-state index contributed by atoms with van der Waals surface area (Å²) >= 11 is 0. The first-order valence-electron chi connectivity index (χ1n) is 7.55. The van der Waals surface area contributed by atoms with Gasteiger partial charge in [-0.15, -0.1) is 0 Å². The van der Waals surface area contributed by atoms with E-state index in [1.54, 1.807) is 18.2 Å². The molecule has 0 atom stereocenters. The Morgan fingerprint density at radius 3 is 2.11 bits per heavy atom. The SMILES string of the molecule is O=S(=O)(O)c1cc(N=Cc2ccccc2O)c2ccc(S(=O)(=O)O)c(O)c2c1. The highest BCUT2D eigenvalue weighted by atomic mass is 32.2. The molecule has 0 aliphatic carbocycles. The molecule has 146 valence electrons. The largest absolute Gasteiger partial charge is 0.507 e. The smallest absolute Gasteiger partial charge is 0.298 e. The summed E-state index contributed by atoms with van der Waals surface area (Å²) in [5.74, 6) is -0.984. The van der Waals surface area contributed by atoms with Gasteiger partial charge >= 0.3 is 0 Å². The van der Waals surface area contributed by atoms with Crippen LogP contribution in [0.2, 0.25) is 0 Å². The van der Waals surface area contributed by atoms with Crippen molar-refractivity contribution in [3.8, 4) is 11.5 Å². The third kappa shape index (κ3) is 3.82. The third-order valence-electron chi connectivity index (χ3n) is 3.88. The molecule has 0 saturated carbocycles. The van der Waals surface area contributed by atoms with Gasteiger partial charge in [-0.2, -0.15) is 16.8 Å². The molecule has 0 aromatic heterocycles. The fraction of sp³-hybridized carbons (Fsp3) is 0. The van der Waals surface area contributed by atoms with E-state index in [1.807, 2.05) is 0 Å². The van der Waals surface area contributed by atoms with Gasteiger partial charge in [-0.3, -0.25) is 14.1 Å². The van der Waals surface area contributed by atoms with Crippen LogP contribution in [0.4, 0.5) is 5.69 Å². The predicted octanol–water partition coefficient (Wildman–Crippen LogP) is 2.50. The molecule has 0 amide bonds. The van der Waals surface area contributed by atoms with Gasteiger partial charge in [0.15, 0.2) is 0 Å². The van der Waals surface area contributed by atoms with Crippen molar-refractivity contribution in [1.29, 1.82) is 0 Å². The molecule has 3 rings (SSSR count). The number of para-hydroxylation sites is 1. The summed E-state index contributed by atoms with van der Waals surface area (Å²) < 4.78 is 64.4. The maximum Gasteiger partial charge on any atom is 0.298 e. The molecule has 0 spiro atoms. The van der Waals surface area contributed by atoms with Gasteiger partial charge in [0.1, 0.15) is 16.4 Å². The van der Waals surface area contributed by atoms with E-state index in [-0.39, 0.29) is 22.2 Å². The Morgan fingerprint density at radius 1 is 0.821 bits per heavy atom. The van der Waals surface area contributed by atoms with Crippen molar-refractivity contribution in [2.24, 2.45) is 4.99 Å². The molecule has 0 heterocycles. The van der Waals surface area contributed by atoms with Crippen molar-refractivity contribution in [3.63, 3.8) is 0 Å². The molecule has 9 nitrogen and oxygen atoms in total. The van der Waals surface area contributed by atoms with Gasteiger partial charge in [0.25, 0.3) is 20.2 Å². The molecule has 0 radical (unpaired) electrons. The average Bonchev–Trinajstić information content (AvgIpc) is 2.59. The van der Waals surface area contributed by atoms with Crippen molar-refractivity contribution in [1.82, 2.24) is 0 Å². The molecule has 0 fully saturated rings. The molecule has 0 aliphatic heterocycles. The number of rotatable bonds is 4. The molecule has 3 aromatic rings. The number of phenols is 2. The lowest BCUT2D eigenvalue weighted by atomic mass is 10.1. The van der Waals surface area contributed by atoms with Crippen LogP contribution in [0.15, 0.2) is 63.3 Å². The molecule has 0 unspecified atom stereocenters. The van der Waals surface area contributed by atoms with Gasteiger partial charge in [0.05, 0.1) is 10.6 Å². The van der Waals surface area contributed by atoms with Crippen LogP contribution >= 0.6 is 0 Å². The monoisotopic (exact) mass is 423 g/mol. The Kier molecular flexibility index (Phi) is 4.85. The first kappa shape index (κ1) is 19.8. The first-order valence-corrected chi connectivity index (χ1v) is 10.4. The third-order valence-corrected chi connectivity index (χ3v) is 5.59. The van der Waals surface area contributed by atoms with Crippen LogP contribution < -0.4 is 0 Å². The van der Waals surface area contributed by atoms with Crippen LogP contribution in [0, 0.1) is 0 Å². The van der Waals surface area contributed by atoms with Crippen molar-refractivity contribution < 1.29 is 36.2 Å². The topological polar surface area (TPSA) is 162 Å². The van der Waals surface area contributed by atoms with Gasteiger partial charge in [-0.05, 0) is 30.3 Å². The molecule has 0 saturated heterocycles. The fourth-order valence-corrected chi connectivity index (χ4v) is 3.68. The lowest BCUT2D eigenvalue weighted by Crippen LogP contribution is -2.01. The second kappa shape index (κ2) is 6.87. The van der Waals surface area contributed by atoms with Gasteiger partial charge < -0.3 is 10.2 Å². The first-order chi connectivity index (χ1) is 13.0.